The molecule has 0 aromatic heterocycles. The Labute approximate surface area is 102 Å². The number of rotatable bonds is 2. The van der Waals surface area contributed by atoms with Crippen LogP contribution in [0.15, 0.2) is 24.3 Å². The van der Waals surface area contributed by atoms with Crippen molar-refractivity contribution in [3.63, 3.8) is 0 Å². The van der Waals surface area contributed by atoms with E-state index in [0.29, 0.717) is 6.04 Å². The molecule has 1 aromatic rings. The van der Waals surface area contributed by atoms with Gasteiger partial charge in [-0.25, -0.2) is 0 Å². The summed E-state index contributed by atoms with van der Waals surface area (Å²) in [6, 6.07) is 8.47. The first-order valence-corrected chi connectivity index (χ1v) is 6.37. The number of carbonyl (C=O) groups is 1. The first-order valence-electron chi connectivity index (χ1n) is 6.37. The summed E-state index contributed by atoms with van der Waals surface area (Å²) >= 11 is 0. The van der Waals surface area contributed by atoms with Crippen molar-refractivity contribution in [2.24, 2.45) is 5.92 Å². The predicted molar refractivity (Wildman–Crippen MR) is 67.9 cm³/mol. The van der Waals surface area contributed by atoms with E-state index in [1.807, 2.05) is 18.2 Å². The summed E-state index contributed by atoms with van der Waals surface area (Å²) in [5.41, 5.74) is 2.35. The smallest absolute Gasteiger partial charge is 0.243 e. The minimum atomic E-state index is -0.0803. The van der Waals surface area contributed by atoms with Gasteiger partial charge in [0, 0.05) is 18.2 Å². The van der Waals surface area contributed by atoms with E-state index in [-0.39, 0.29) is 11.9 Å². The Morgan fingerprint density at radius 2 is 2.12 bits per heavy atom. The average Bonchev–Trinajstić information content (AvgIpc) is 2.70. The zero-order chi connectivity index (χ0) is 11.8. The van der Waals surface area contributed by atoms with Crippen molar-refractivity contribution in [3.05, 3.63) is 29.8 Å². The molecule has 3 nitrogen and oxygen atoms in total. The van der Waals surface area contributed by atoms with Crippen LogP contribution in [0.2, 0.25) is 0 Å². The molecule has 2 aliphatic rings. The molecule has 1 aliphatic carbocycles. The summed E-state index contributed by atoms with van der Waals surface area (Å²) in [7, 11) is 0. The van der Waals surface area contributed by atoms with E-state index in [9.17, 15) is 4.79 Å². The van der Waals surface area contributed by atoms with Gasteiger partial charge in [-0.15, -0.1) is 0 Å². The maximum absolute atomic E-state index is 12.1. The van der Waals surface area contributed by atoms with Crippen molar-refractivity contribution in [1.29, 1.82) is 0 Å². The lowest BCUT2D eigenvalue weighted by Gasteiger charge is -2.34. The Bertz CT molecular complexity index is 413. The summed E-state index contributed by atoms with van der Waals surface area (Å²) in [5, 5.41) is 6.41. The molecule has 0 bridgehead atoms. The van der Waals surface area contributed by atoms with Gasteiger partial charge in [-0.3, -0.25) is 4.79 Å². The molecule has 3 rings (SSSR count). The van der Waals surface area contributed by atoms with Crippen LogP contribution < -0.4 is 10.6 Å². The first kappa shape index (κ1) is 10.6. The molecule has 2 N–H and O–H groups in total. The highest BCUT2D eigenvalue weighted by Gasteiger charge is 2.31. The van der Waals surface area contributed by atoms with Crippen molar-refractivity contribution >= 4 is 11.6 Å². The lowest BCUT2D eigenvalue weighted by Crippen LogP contribution is -2.48. The molecule has 1 aromatic carbocycles. The lowest BCUT2D eigenvalue weighted by molar-refractivity contribution is -0.123. The van der Waals surface area contributed by atoms with Crippen molar-refractivity contribution in [2.75, 3.05) is 5.32 Å². The largest absolute Gasteiger partial charge is 0.373 e. The minimum absolute atomic E-state index is 0.0803. The van der Waals surface area contributed by atoms with Crippen LogP contribution in [0.3, 0.4) is 0 Å². The van der Waals surface area contributed by atoms with E-state index in [1.54, 1.807) is 0 Å². The maximum atomic E-state index is 12.1. The molecule has 0 saturated heterocycles. The lowest BCUT2D eigenvalue weighted by atomic mass is 9.82. The first-order chi connectivity index (χ1) is 8.22. The summed E-state index contributed by atoms with van der Waals surface area (Å²) in [5.74, 6) is 0.923. The molecule has 1 aliphatic heterocycles. The van der Waals surface area contributed by atoms with Gasteiger partial charge < -0.3 is 10.6 Å². The molecule has 1 atom stereocenters. The quantitative estimate of drug-likeness (QED) is 0.815. The van der Waals surface area contributed by atoms with E-state index in [0.717, 1.165) is 30.9 Å². The van der Waals surface area contributed by atoms with Crippen molar-refractivity contribution in [1.82, 2.24) is 5.32 Å². The van der Waals surface area contributed by atoms with Crippen LogP contribution >= 0.6 is 0 Å². The van der Waals surface area contributed by atoms with Gasteiger partial charge in [0.15, 0.2) is 0 Å². The third-order valence-electron chi connectivity index (χ3n) is 3.81. The molecule has 90 valence electrons. The van der Waals surface area contributed by atoms with E-state index in [2.05, 4.69) is 23.6 Å². The Balaban J connectivity index is 1.59. The number of para-hydroxylation sites is 1. The number of benzene rings is 1. The standard InChI is InChI=1S/C14H18N2O/c1-9-6-11(7-9)15-14(17)13-8-10-4-2-3-5-12(10)16-13/h2-5,9,11,13,16H,6-8H2,1H3,(H,15,17)/t9?,11?,13-/m0/s1. The summed E-state index contributed by atoms with van der Waals surface area (Å²) in [6.07, 6.45) is 3.07. The van der Waals surface area contributed by atoms with Gasteiger partial charge in [-0.1, -0.05) is 25.1 Å². The SMILES string of the molecule is CC1CC(NC(=O)[C@@H]2Cc3ccccc3N2)C1. The molecular formula is C14H18N2O. The second-order valence-corrected chi connectivity index (χ2v) is 5.34. The van der Waals surface area contributed by atoms with Crippen molar-refractivity contribution < 1.29 is 4.79 Å². The van der Waals surface area contributed by atoms with E-state index in [4.69, 9.17) is 0 Å². The van der Waals surface area contributed by atoms with Crippen LogP contribution in [0.4, 0.5) is 5.69 Å². The number of amides is 1. The number of carbonyl (C=O) groups excluding carboxylic acids is 1. The fourth-order valence-electron chi connectivity index (χ4n) is 2.78. The van der Waals surface area contributed by atoms with Crippen LogP contribution in [-0.4, -0.2) is 18.0 Å². The van der Waals surface area contributed by atoms with E-state index >= 15 is 0 Å². The second kappa shape index (κ2) is 4.06. The van der Waals surface area contributed by atoms with Crippen LogP contribution in [0.1, 0.15) is 25.3 Å². The van der Waals surface area contributed by atoms with Gasteiger partial charge in [-0.2, -0.15) is 0 Å². The van der Waals surface area contributed by atoms with Crippen molar-refractivity contribution in [2.45, 2.75) is 38.3 Å². The highest BCUT2D eigenvalue weighted by molar-refractivity contribution is 5.87. The van der Waals surface area contributed by atoms with Gasteiger partial charge >= 0.3 is 0 Å². The number of hydrogen-bond acceptors (Lipinski definition) is 2. The van der Waals surface area contributed by atoms with Crippen LogP contribution in [0.25, 0.3) is 0 Å². The van der Waals surface area contributed by atoms with Gasteiger partial charge in [0.25, 0.3) is 0 Å². The van der Waals surface area contributed by atoms with Gasteiger partial charge in [0.05, 0.1) is 0 Å². The highest BCUT2D eigenvalue weighted by Crippen LogP contribution is 2.28. The van der Waals surface area contributed by atoms with Crippen LogP contribution in [0.5, 0.6) is 0 Å². The normalized spacial score (nSPS) is 30.1. The van der Waals surface area contributed by atoms with E-state index in [1.165, 1.54) is 5.56 Å². The molecule has 0 radical (unpaired) electrons. The van der Waals surface area contributed by atoms with Gasteiger partial charge in [-0.05, 0) is 30.4 Å². The zero-order valence-electron chi connectivity index (χ0n) is 10.1. The monoisotopic (exact) mass is 230 g/mol. The molecule has 0 unspecified atom stereocenters. The summed E-state index contributed by atoms with van der Waals surface area (Å²) in [6.45, 7) is 2.23. The minimum Gasteiger partial charge on any atom is -0.373 e. The topological polar surface area (TPSA) is 41.1 Å². The fourth-order valence-corrected chi connectivity index (χ4v) is 2.78. The highest BCUT2D eigenvalue weighted by atomic mass is 16.2. The molecule has 1 saturated carbocycles. The Morgan fingerprint density at radius 3 is 2.82 bits per heavy atom. The van der Waals surface area contributed by atoms with Crippen LogP contribution in [-0.2, 0) is 11.2 Å². The molecule has 1 amide bonds. The molecule has 3 heteroatoms. The predicted octanol–water partition coefficient (Wildman–Crippen LogP) is 1.94. The average molecular weight is 230 g/mol. The fraction of sp³-hybridized carbons (Fsp3) is 0.500. The Morgan fingerprint density at radius 1 is 1.35 bits per heavy atom. The summed E-state index contributed by atoms with van der Waals surface area (Å²) < 4.78 is 0. The van der Waals surface area contributed by atoms with E-state index < -0.39 is 0 Å². The maximum Gasteiger partial charge on any atom is 0.243 e. The number of nitrogens with one attached hydrogen (secondary N) is 2. The molecule has 1 fully saturated rings. The molecule has 0 spiro atoms. The Hall–Kier alpha value is -1.51. The number of anilines is 1. The number of hydrogen-bond donors (Lipinski definition) is 2. The molecule has 17 heavy (non-hydrogen) atoms. The molecule has 1 heterocycles. The number of fused-ring (bicyclic) bond motifs is 1. The van der Waals surface area contributed by atoms with Crippen LogP contribution in [0, 0.1) is 5.92 Å². The summed E-state index contributed by atoms with van der Waals surface area (Å²) in [4.78, 5) is 12.1. The Kier molecular flexibility index (Phi) is 2.54. The third kappa shape index (κ3) is 2.02. The molecular weight excluding hydrogens is 212 g/mol. The van der Waals surface area contributed by atoms with Gasteiger partial charge in [0.1, 0.15) is 6.04 Å². The zero-order valence-corrected chi connectivity index (χ0v) is 10.1. The third-order valence-corrected chi connectivity index (χ3v) is 3.81. The van der Waals surface area contributed by atoms with Gasteiger partial charge in [0.2, 0.25) is 5.91 Å². The second-order valence-electron chi connectivity index (χ2n) is 5.34. The van der Waals surface area contributed by atoms with Crippen molar-refractivity contribution in [3.8, 4) is 0 Å².